The number of amides is 2. The number of aromatic hydroxyl groups is 1. The van der Waals surface area contributed by atoms with Gasteiger partial charge in [0.2, 0.25) is 0 Å². The minimum atomic E-state index is -0.0859. The number of phenols is 1. The van der Waals surface area contributed by atoms with E-state index in [2.05, 4.69) is 31.7 Å². The van der Waals surface area contributed by atoms with Gasteiger partial charge in [-0.15, -0.1) is 0 Å². The number of hydrogen-bond acceptors (Lipinski definition) is 5. The van der Waals surface area contributed by atoms with Crippen molar-refractivity contribution < 1.29 is 9.90 Å². The van der Waals surface area contributed by atoms with Gasteiger partial charge in [-0.2, -0.15) is 9.61 Å². The molecular weight excluding hydrogens is 568 g/mol. The molecule has 6 rings (SSSR count). The van der Waals surface area contributed by atoms with E-state index >= 15 is 0 Å². The maximum absolute atomic E-state index is 13.3. The number of anilines is 2. The Morgan fingerprint density at radius 3 is 2.58 bits per heavy atom. The van der Waals surface area contributed by atoms with Gasteiger partial charge in [0.15, 0.2) is 5.65 Å². The van der Waals surface area contributed by atoms with E-state index in [1.807, 2.05) is 77.7 Å². The third kappa shape index (κ3) is 5.37. The van der Waals surface area contributed by atoms with Crippen molar-refractivity contribution in [3.05, 3.63) is 95.6 Å². The second-order valence-electron chi connectivity index (χ2n) is 9.95. The molecule has 0 radical (unpaired) electrons. The maximum Gasteiger partial charge on any atom is 0.321 e. The minimum absolute atomic E-state index is 0.0859. The van der Waals surface area contributed by atoms with Gasteiger partial charge < -0.3 is 20.6 Å². The summed E-state index contributed by atoms with van der Waals surface area (Å²) in [5.74, 6) is 1.20. The van der Waals surface area contributed by atoms with Crippen LogP contribution in [0.4, 0.5) is 16.3 Å². The number of phenolic OH excluding ortho intramolecular Hbond substituents is 1. The molecule has 202 valence electrons. The van der Waals surface area contributed by atoms with Crippen molar-refractivity contribution in [1.29, 1.82) is 0 Å². The number of piperidine rings is 1. The van der Waals surface area contributed by atoms with E-state index in [4.69, 9.17) is 4.98 Å². The molecule has 5 aromatic rings. The van der Waals surface area contributed by atoms with Gasteiger partial charge in [-0.05, 0) is 58.5 Å². The van der Waals surface area contributed by atoms with E-state index in [9.17, 15) is 9.90 Å². The molecule has 1 saturated heterocycles. The van der Waals surface area contributed by atoms with Gasteiger partial charge in [0.25, 0.3) is 0 Å². The van der Waals surface area contributed by atoms with Crippen LogP contribution in [0.15, 0.2) is 95.6 Å². The highest BCUT2D eigenvalue weighted by atomic mass is 79.9. The van der Waals surface area contributed by atoms with Crippen LogP contribution in [0.1, 0.15) is 12.8 Å². The van der Waals surface area contributed by atoms with E-state index < -0.39 is 0 Å². The zero-order valence-corrected chi connectivity index (χ0v) is 23.4. The maximum atomic E-state index is 13.3. The molecule has 1 fully saturated rings. The number of aromatic nitrogens is 3. The number of urea groups is 1. The van der Waals surface area contributed by atoms with Crippen LogP contribution in [0.2, 0.25) is 0 Å². The summed E-state index contributed by atoms with van der Waals surface area (Å²) in [5, 5.41) is 21.6. The average Bonchev–Trinajstić information content (AvgIpc) is 3.37. The van der Waals surface area contributed by atoms with Gasteiger partial charge in [-0.25, -0.2) is 9.78 Å². The van der Waals surface area contributed by atoms with Crippen molar-refractivity contribution >= 4 is 39.1 Å². The molecule has 1 aliphatic heterocycles. The summed E-state index contributed by atoms with van der Waals surface area (Å²) < 4.78 is 2.52. The van der Waals surface area contributed by atoms with E-state index in [-0.39, 0.29) is 17.7 Å². The smallest absolute Gasteiger partial charge is 0.321 e. The first kappa shape index (κ1) is 25.9. The number of halogens is 1. The molecule has 1 atom stereocenters. The fourth-order valence-corrected chi connectivity index (χ4v) is 5.56. The van der Waals surface area contributed by atoms with Crippen molar-refractivity contribution in [2.75, 3.05) is 30.3 Å². The van der Waals surface area contributed by atoms with Crippen molar-refractivity contribution in [2.45, 2.75) is 12.8 Å². The molecule has 8 nitrogen and oxygen atoms in total. The number of para-hydroxylation sites is 2. The highest BCUT2D eigenvalue weighted by molar-refractivity contribution is 9.10. The molecule has 3 heterocycles. The highest BCUT2D eigenvalue weighted by Gasteiger charge is 2.25. The summed E-state index contributed by atoms with van der Waals surface area (Å²) >= 11 is 3.54. The Morgan fingerprint density at radius 2 is 1.75 bits per heavy atom. The molecule has 40 heavy (non-hydrogen) atoms. The average molecular weight is 598 g/mol. The molecular formula is C31H29BrN6O2. The molecule has 9 heteroatoms. The van der Waals surface area contributed by atoms with Gasteiger partial charge in [0.05, 0.1) is 22.1 Å². The molecule has 0 bridgehead atoms. The second-order valence-corrected chi connectivity index (χ2v) is 10.8. The Kier molecular flexibility index (Phi) is 7.37. The predicted molar refractivity (Wildman–Crippen MR) is 161 cm³/mol. The lowest BCUT2D eigenvalue weighted by Crippen LogP contribution is -2.44. The number of nitrogens with zero attached hydrogens (tertiary/aromatic N) is 4. The molecule has 3 aromatic carbocycles. The predicted octanol–water partition coefficient (Wildman–Crippen LogP) is 6.89. The van der Waals surface area contributed by atoms with Crippen LogP contribution in [-0.4, -0.2) is 50.3 Å². The Bertz CT molecular complexity index is 1650. The van der Waals surface area contributed by atoms with Gasteiger partial charge in [-0.3, -0.25) is 0 Å². The van der Waals surface area contributed by atoms with Crippen LogP contribution >= 0.6 is 15.9 Å². The fourth-order valence-electron chi connectivity index (χ4n) is 5.21. The molecule has 2 aromatic heterocycles. The third-order valence-electron chi connectivity index (χ3n) is 7.24. The van der Waals surface area contributed by atoms with Crippen LogP contribution in [0.25, 0.3) is 28.0 Å². The standard InChI is InChI=1S/C31H29BrN6O2/c32-25-19-34-38-29(17-27(35-30(25)38)24-13-5-7-15-28(24)39)33-18-21-9-8-16-37(20-21)31(40)36-26-14-6-4-12-23(26)22-10-2-1-3-11-22/h1-7,10-15,17,19,21,33,39H,8-9,16,18,20H2,(H,36,40). The van der Waals surface area contributed by atoms with Gasteiger partial charge in [0, 0.05) is 36.8 Å². The Hall–Kier alpha value is -4.37. The number of carbonyl (C=O) groups excluding carboxylic acids is 1. The fraction of sp³-hybridized carbons (Fsp3) is 0.194. The van der Waals surface area contributed by atoms with Gasteiger partial charge in [-0.1, -0.05) is 60.7 Å². The minimum Gasteiger partial charge on any atom is -0.507 e. The number of rotatable bonds is 6. The van der Waals surface area contributed by atoms with Crippen molar-refractivity contribution in [2.24, 2.45) is 5.92 Å². The lowest BCUT2D eigenvalue weighted by molar-refractivity contribution is 0.180. The molecule has 0 aliphatic carbocycles. The number of fused-ring (bicyclic) bond motifs is 1. The first-order chi connectivity index (χ1) is 19.6. The number of benzene rings is 3. The quantitative estimate of drug-likeness (QED) is 0.198. The van der Waals surface area contributed by atoms with E-state index in [0.29, 0.717) is 30.0 Å². The molecule has 2 amide bonds. The van der Waals surface area contributed by atoms with Crippen LogP contribution < -0.4 is 10.6 Å². The Balaban J connectivity index is 1.16. The Morgan fingerprint density at radius 1 is 1.00 bits per heavy atom. The molecule has 1 unspecified atom stereocenters. The largest absolute Gasteiger partial charge is 0.507 e. The SMILES string of the molecule is O=C(Nc1ccccc1-c1ccccc1)N1CCCC(CNc2cc(-c3ccccc3O)nc3c(Br)cnn23)C1. The van der Waals surface area contributed by atoms with E-state index in [1.54, 1.807) is 22.8 Å². The zero-order valence-electron chi connectivity index (χ0n) is 21.8. The lowest BCUT2D eigenvalue weighted by Gasteiger charge is -2.33. The number of likely N-dealkylation sites (tertiary alicyclic amines) is 1. The van der Waals surface area contributed by atoms with Crippen LogP contribution in [-0.2, 0) is 0 Å². The van der Waals surface area contributed by atoms with E-state index in [1.165, 1.54) is 0 Å². The Labute approximate surface area is 240 Å². The van der Waals surface area contributed by atoms with Crippen molar-refractivity contribution in [3.8, 4) is 28.1 Å². The normalized spacial score (nSPS) is 15.2. The summed E-state index contributed by atoms with van der Waals surface area (Å²) in [4.78, 5) is 19.9. The van der Waals surface area contributed by atoms with Crippen molar-refractivity contribution in [3.63, 3.8) is 0 Å². The first-order valence-electron chi connectivity index (χ1n) is 13.3. The monoisotopic (exact) mass is 596 g/mol. The second kappa shape index (κ2) is 11.4. The summed E-state index contributed by atoms with van der Waals surface area (Å²) in [7, 11) is 0. The summed E-state index contributed by atoms with van der Waals surface area (Å²) in [6.07, 6.45) is 3.66. The molecule has 0 saturated carbocycles. The van der Waals surface area contributed by atoms with Gasteiger partial charge in [0.1, 0.15) is 11.6 Å². The summed E-state index contributed by atoms with van der Waals surface area (Å²) in [5.41, 5.74) is 4.83. The van der Waals surface area contributed by atoms with Gasteiger partial charge >= 0.3 is 6.03 Å². The third-order valence-corrected chi connectivity index (χ3v) is 7.80. The topological polar surface area (TPSA) is 94.8 Å². The number of nitrogens with one attached hydrogen (secondary N) is 2. The molecule has 1 aliphatic rings. The van der Waals surface area contributed by atoms with E-state index in [0.717, 1.165) is 46.5 Å². The summed E-state index contributed by atoms with van der Waals surface area (Å²) in [6, 6.07) is 27.0. The molecule has 0 spiro atoms. The zero-order chi connectivity index (χ0) is 27.5. The van der Waals surface area contributed by atoms with Crippen LogP contribution in [0.5, 0.6) is 5.75 Å². The highest BCUT2D eigenvalue weighted by Crippen LogP contribution is 2.32. The summed E-state index contributed by atoms with van der Waals surface area (Å²) in [6.45, 7) is 2.04. The van der Waals surface area contributed by atoms with Crippen LogP contribution in [0, 0.1) is 5.92 Å². The number of hydrogen-bond donors (Lipinski definition) is 3. The number of carbonyl (C=O) groups is 1. The first-order valence-corrected chi connectivity index (χ1v) is 14.1. The van der Waals surface area contributed by atoms with Crippen LogP contribution in [0.3, 0.4) is 0 Å². The molecule has 3 N–H and O–H groups in total. The lowest BCUT2D eigenvalue weighted by atomic mass is 9.98. The van der Waals surface area contributed by atoms with Crippen molar-refractivity contribution in [1.82, 2.24) is 19.5 Å².